The zero-order chi connectivity index (χ0) is 14.5. The molecule has 0 radical (unpaired) electrons. The molecule has 1 heterocycles. The minimum atomic E-state index is -0.222. The third kappa shape index (κ3) is 3.09. The first-order valence-corrected chi connectivity index (χ1v) is 6.23. The molecule has 0 spiro atoms. The molecule has 20 heavy (non-hydrogen) atoms. The standard InChI is InChI=1S/C14H17N3O3/c1-4-17-9-10(8-15-17)14(18)16-11-5-12(19-2)7-13(6-11)20-3/h5-9H,4H2,1-3H3,(H,16,18). The van der Waals surface area contributed by atoms with Gasteiger partial charge in [-0.25, -0.2) is 0 Å². The molecule has 2 rings (SSSR count). The molecule has 0 bridgehead atoms. The second-order valence-electron chi connectivity index (χ2n) is 4.14. The van der Waals surface area contributed by atoms with Crippen molar-refractivity contribution >= 4 is 11.6 Å². The molecule has 2 aromatic rings. The maximum atomic E-state index is 12.1. The van der Waals surface area contributed by atoms with E-state index in [1.165, 1.54) is 6.20 Å². The van der Waals surface area contributed by atoms with E-state index >= 15 is 0 Å². The molecule has 1 aromatic carbocycles. The third-order valence-electron chi connectivity index (χ3n) is 2.83. The van der Waals surface area contributed by atoms with Crippen LogP contribution in [0.3, 0.4) is 0 Å². The fourth-order valence-corrected chi connectivity index (χ4v) is 1.74. The number of benzene rings is 1. The van der Waals surface area contributed by atoms with Crippen LogP contribution in [-0.4, -0.2) is 29.9 Å². The van der Waals surface area contributed by atoms with Gasteiger partial charge in [0, 0.05) is 36.6 Å². The summed E-state index contributed by atoms with van der Waals surface area (Å²) in [6.45, 7) is 2.68. The van der Waals surface area contributed by atoms with E-state index in [1.807, 2.05) is 6.92 Å². The van der Waals surface area contributed by atoms with E-state index in [1.54, 1.807) is 43.3 Å². The van der Waals surface area contributed by atoms with E-state index in [-0.39, 0.29) is 5.91 Å². The van der Waals surface area contributed by atoms with Gasteiger partial charge >= 0.3 is 0 Å². The second kappa shape index (κ2) is 6.10. The van der Waals surface area contributed by atoms with Gasteiger partial charge in [-0.15, -0.1) is 0 Å². The van der Waals surface area contributed by atoms with Crippen LogP contribution in [0.5, 0.6) is 11.5 Å². The van der Waals surface area contributed by atoms with Crippen LogP contribution in [0, 0.1) is 0 Å². The lowest BCUT2D eigenvalue weighted by Crippen LogP contribution is -2.11. The first kappa shape index (κ1) is 13.9. The SMILES string of the molecule is CCn1cc(C(=O)Nc2cc(OC)cc(OC)c2)cn1. The number of nitrogens with one attached hydrogen (secondary N) is 1. The first-order valence-electron chi connectivity index (χ1n) is 6.23. The van der Waals surface area contributed by atoms with E-state index in [9.17, 15) is 4.79 Å². The van der Waals surface area contributed by atoms with Crippen LogP contribution in [0.15, 0.2) is 30.6 Å². The Bertz CT molecular complexity index is 585. The summed E-state index contributed by atoms with van der Waals surface area (Å²) in [5, 5.41) is 6.86. The van der Waals surface area contributed by atoms with Gasteiger partial charge in [-0.3, -0.25) is 9.48 Å². The predicted octanol–water partition coefficient (Wildman–Crippen LogP) is 2.17. The number of carbonyl (C=O) groups excluding carboxylic acids is 1. The molecular weight excluding hydrogens is 258 g/mol. The Labute approximate surface area is 117 Å². The largest absolute Gasteiger partial charge is 0.497 e. The van der Waals surface area contributed by atoms with Gasteiger partial charge in [0.1, 0.15) is 11.5 Å². The zero-order valence-corrected chi connectivity index (χ0v) is 11.7. The van der Waals surface area contributed by atoms with Gasteiger partial charge in [0.2, 0.25) is 0 Å². The summed E-state index contributed by atoms with van der Waals surface area (Å²) < 4.78 is 12.0. The molecule has 106 valence electrons. The second-order valence-corrected chi connectivity index (χ2v) is 4.14. The van der Waals surface area contributed by atoms with E-state index < -0.39 is 0 Å². The van der Waals surface area contributed by atoms with Crippen LogP contribution >= 0.6 is 0 Å². The minimum absolute atomic E-state index is 0.222. The molecule has 0 saturated carbocycles. The maximum absolute atomic E-state index is 12.1. The number of carbonyl (C=O) groups is 1. The van der Waals surface area contributed by atoms with Gasteiger partial charge in [-0.05, 0) is 6.92 Å². The van der Waals surface area contributed by atoms with Crippen molar-refractivity contribution < 1.29 is 14.3 Å². The summed E-state index contributed by atoms with van der Waals surface area (Å²) >= 11 is 0. The molecular formula is C14H17N3O3. The number of hydrogen-bond donors (Lipinski definition) is 1. The van der Waals surface area contributed by atoms with Gasteiger partial charge in [0.25, 0.3) is 5.91 Å². The van der Waals surface area contributed by atoms with Crippen LogP contribution < -0.4 is 14.8 Å². The Morgan fingerprint density at radius 3 is 2.40 bits per heavy atom. The fraction of sp³-hybridized carbons (Fsp3) is 0.286. The Morgan fingerprint density at radius 1 is 1.25 bits per heavy atom. The molecule has 0 unspecified atom stereocenters. The third-order valence-corrected chi connectivity index (χ3v) is 2.83. The molecule has 0 fully saturated rings. The highest BCUT2D eigenvalue weighted by Gasteiger charge is 2.10. The lowest BCUT2D eigenvalue weighted by atomic mass is 10.2. The van der Waals surface area contributed by atoms with E-state index in [0.717, 1.165) is 6.54 Å². The lowest BCUT2D eigenvalue weighted by molar-refractivity contribution is 0.102. The summed E-state index contributed by atoms with van der Waals surface area (Å²) in [6, 6.07) is 5.19. The van der Waals surface area contributed by atoms with Crippen molar-refractivity contribution in [2.24, 2.45) is 0 Å². The van der Waals surface area contributed by atoms with Gasteiger partial charge < -0.3 is 14.8 Å². The number of anilines is 1. The van der Waals surface area contributed by atoms with Gasteiger partial charge in [-0.2, -0.15) is 5.10 Å². The fourth-order valence-electron chi connectivity index (χ4n) is 1.74. The Kier molecular flexibility index (Phi) is 4.24. The van der Waals surface area contributed by atoms with Gasteiger partial charge in [-0.1, -0.05) is 0 Å². The molecule has 0 saturated heterocycles. The average molecular weight is 275 g/mol. The number of aryl methyl sites for hydroxylation is 1. The average Bonchev–Trinajstić information content (AvgIpc) is 2.95. The summed E-state index contributed by atoms with van der Waals surface area (Å²) in [6.07, 6.45) is 3.24. The number of amides is 1. The van der Waals surface area contributed by atoms with Crippen LogP contribution in [0.4, 0.5) is 5.69 Å². The van der Waals surface area contributed by atoms with Crippen LogP contribution in [0.2, 0.25) is 0 Å². The predicted molar refractivity (Wildman–Crippen MR) is 75.4 cm³/mol. The van der Waals surface area contributed by atoms with E-state index in [4.69, 9.17) is 9.47 Å². The number of aromatic nitrogens is 2. The number of methoxy groups -OCH3 is 2. The van der Waals surface area contributed by atoms with Crippen molar-refractivity contribution in [3.05, 3.63) is 36.2 Å². The van der Waals surface area contributed by atoms with Crippen LogP contribution in [0.25, 0.3) is 0 Å². The monoisotopic (exact) mass is 275 g/mol. The molecule has 0 aliphatic rings. The van der Waals surface area contributed by atoms with Crippen molar-refractivity contribution in [1.29, 1.82) is 0 Å². The molecule has 1 amide bonds. The highest BCUT2D eigenvalue weighted by atomic mass is 16.5. The Morgan fingerprint density at radius 2 is 1.90 bits per heavy atom. The zero-order valence-electron chi connectivity index (χ0n) is 11.7. The summed E-state index contributed by atoms with van der Waals surface area (Å²) in [5.74, 6) is 1.01. The molecule has 0 aliphatic carbocycles. The lowest BCUT2D eigenvalue weighted by Gasteiger charge is -2.09. The normalized spacial score (nSPS) is 10.2. The number of hydrogen-bond acceptors (Lipinski definition) is 4. The van der Waals surface area contributed by atoms with Crippen LogP contribution in [-0.2, 0) is 6.54 Å². The quantitative estimate of drug-likeness (QED) is 0.908. The van der Waals surface area contributed by atoms with Gasteiger partial charge in [0.05, 0.1) is 26.0 Å². The smallest absolute Gasteiger partial charge is 0.258 e. The van der Waals surface area contributed by atoms with Crippen molar-refractivity contribution in [2.75, 3.05) is 19.5 Å². The summed E-state index contributed by atoms with van der Waals surface area (Å²) in [4.78, 5) is 12.1. The molecule has 1 N–H and O–H groups in total. The van der Waals surface area contributed by atoms with Crippen molar-refractivity contribution in [1.82, 2.24) is 9.78 Å². The summed E-state index contributed by atoms with van der Waals surface area (Å²) in [7, 11) is 3.12. The Balaban J connectivity index is 2.18. The van der Waals surface area contributed by atoms with Gasteiger partial charge in [0.15, 0.2) is 0 Å². The number of rotatable bonds is 5. The Hall–Kier alpha value is -2.50. The molecule has 0 atom stereocenters. The van der Waals surface area contributed by atoms with Crippen molar-refractivity contribution in [2.45, 2.75) is 13.5 Å². The molecule has 1 aromatic heterocycles. The van der Waals surface area contributed by atoms with Crippen molar-refractivity contribution in [3.63, 3.8) is 0 Å². The minimum Gasteiger partial charge on any atom is -0.497 e. The molecule has 6 nitrogen and oxygen atoms in total. The number of nitrogens with zero attached hydrogens (tertiary/aromatic N) is 2. The highest BCUT2D eigenvalue weighted by Crippen LogP contribution is 2.26. The first-order chi connectivity index (χ1) is 9.66. The highest BCUT2D eigenvalue weighted by molar-refractivity contribution is 6.04. The summed E-state index contributed by atoms with van der Waals surface area (Å²) in [5.41, 5.74) is 1.11. The van der Waals surface area contributed by atoms with E-state index in [2.05, 4.69) is 10.4 Å². The van der Waals surface area contributed by atoms with Crippen LogP contribution in [0.1, 0.15) is 17.3 Å². The van der Waals surface area contributed by atoms with E-state index in [0.29, 0.717) is 22.7 Å². The number of ether oxygens (including phenoxy) is 2. The molecule has 6 heteroatoms. The topological polar surface area (TPSA) is 65.4 Å². The molecule has 0 aliphatic heterocycles. The van der Waals surface area contributed by atoms with Crippen molar-refractivity contribution in [3.8, 4) is 11.5 Å². The maximum Gasteiger partial charge on any atom is 0.258 e.